The van der Waals surface area contributed by atoms with Crippen LogP contribution in [-0.2, 0) is 16.0 Å². The Kier molecular flexibility index (Phi) is 7.13. The highest BCUT2D eigenvalue weighted by atomic mass is 16.5. The third-order valence-corrected chi connectivity index (χ3v) is 3.77. The van der Waals surface area contributed by atoms with E-state index in [0.29, 0.717) is 12.0 Å². The molecule has 0 aliphatic carbocycles. The number of ether oxygens (including phenoxy) is 2. The smallest absolute Gasteiger partial charge is 0.0518 e. The number of aromatic nitrogens is 1. The van der Waals surface area contributed by atoms with E-state index in [4.69, 9.17) is 9.47 Å². The molecule has 0 amide bonds. The first-order valence-corrected chi connectivity index (χ1v) is 8.04. The van der Waals surface area contributed by atoms with Gasteiger partial charge in [0.15, 0.2) is 0 Å². The Hall–Kier alpha value is -0.970. The number of rotatable bonds is 9. The summed E-state index contributed by atoms with van der Waals surface area (Å²) >= 11 is 0. The molecule has 4 heteroatoms. The first-order valence-electron chi connectivity index (χ1n) is 8.04. The van der Waals surface area contributed by atoms with Crippen LogP contribution in [0.2, 0.25) is 0 Å². The van der Waals surface area contributed by atoms with Crippen molar-refractivity contribution in [2.75, 3.05) is 32.9 Å². The first kappa shape index (κ1) is 16.4. The van der Waals surface area contributed by atoms with Crippen LogP contribution < -0.4 is 0 Å². The topological polar surface area (TPSA) is 34.6 Å². The van der Waals surface area contributed by atoms with Crippen molar-refractivity contribution >= 4 is 0 Å². The largest absolute Gasteiger partial charge is 0.381 e. The number of nitrogens with zero attached hydrogens (tertiary/aromatic N) is 2. The summed E-state index contributed by atoms with van der Waals surface area (Å²) < 4.78 is 11.2. The summed E-state index contributed by atoms with van der Waals surface area (Å²) in [6.07, 6.45) is 6.33. The molecular formula is C17H28N2O2. The van der Waals surface area contributed by atoms with Crippen molar-refractivity contribution in [2.45, 2.75) is 39.3 Å². The Morgan fingerprint density at radius 2 is 2.19 bits per heavy atom. The lowest BCUT2D eigenvalue weighted by atomic mass is 10.1. The summed E-state index contributed by atoms with van der Waals surface area (Å²) in [5.74, 6) is 0.679. The minimum absolute atomic E-state index is 0.321. The van der Waals surface area contributed by atoms with Crippen LogP contribution in [-0.4, -0.2) is 48.9 Å². The van der Waals surface area contributed by atoms with Crippen LogP contribution in [0.3, 0.4) is 0 Å². The van der Waals surface area contributed by atoms with Gasteiger partial charge in [-0.3, -0.25) is 9.88 Å². The first-order chi connectivity index (χ1) is 10.2. The monoisotopic (exact) mass is 292 g/mol. The molecule has 0 radical (unpaired) electrons. The highest BCUT2D eigenvalue weighted by molar-refractivity contribution is 5.09. The quantitative estimate of drug-likeness (QED) is 0.656. The summed E-state index contributed by atoms with van der Waals surface area (Å²) in [5, 5.41) is 0. The van der Waals surface area contributed by atoms with E-state index in [2.05, 4.69) is 35.9 Å². The van der Waals surface area contributed by atoms with Crippen molar-refractivity contribution in [3.8, 4) is 0 Å². The van der Waals surface area contributed by atoms with Gasteiger partial charge in [0.2, 0.25) is 0 Å². The maximum Gasteiger partial charge on any atom is 0.0518 e. The van der Waals surface area contributed by atoms with Gasteiger partial charge in [0, 0.05) is 45.2 Å². The van der Waals surface area contributed by atoms with Crippen molar-refractivity contribution in [3.05, 3.63) is 30.1 Å². The molecule has 1 fully saturated rings. The van der Waals surface area contributed by atoms with Crippen LogP contribution in [0, 0.1) is 5.92 Å². The molecule has 1 aliphatic rings. The second-order valence-electron chi connectivity index (χ2n) is 6.09. The summed E-state index contributed by atoms with van der Waals surface area (Å²) in [6.45, 7) is 10.0. The lowest BCUT2D eigenvalue weighted by Crippen LogP contribution is -2.31. The van der Waals surface area contributed by atoms with Crippen LogP contribution in [0.1, 0.15) is 32.3 Å². The van der Waals surface area contributed by atoms with E-state index >= 15 is 0 Å². The molecule has 1 atom stereocenters. The average Bonchev–Trinajstić information content (AvgIpc) is 2.97. The molecule has 4 nitrogen and oxygen atoms in total. The van der Waals surface area contributed by atoms with Crippen molar-refractivity contribution in [1.82, 2.24) is 9.88 Å². The zero-order valence-corrected chi connectivity index (χ0v) is 13.3. The van der Waals surface area contributed by atoms with Gasteiger partial charge < -0.3 is 9.47 Å². The SMILES string of the molecule is CC(C)OCCCN(Cc1ccncc1)C[C@@H]1CCOC1. The molecule has 0 saturated carbocycles. The van der Waals surface area contributed by atoms with E-state index in [1.54, 1.807) is 0 Å². The van der Waals surface area contributed by atoms with Gasteiger partial charge in [-0.15, -0.1) is 0 Å². The molecule has 1 aromatic rings. The zero-order chi connectivity index (χ0) is 14.9. The molecular weight excluding hydrogens is 264 g/mol. The lowest BCUT2D eigenvalue weighted by Gasteiger charge is -2.25. The van der Waals surface area contributed by atoms with E-state index in [1.807, 2.05) is 12.4 Å². The van der Waals surface area contributed by atoms with Gasteiger partial charge in [-0.05, 0) is 50.3 Å². The van der Waals surface area contributed by atoms with E-state index < -0.39 is 0 Å². The minimum Gasteiger partial charge on any atom is -0.381 e. The molecule has 1 aliphatic heterocycles. The van der Waals surface area contributed by atoms with Crippen LogP contribution >= 0.6 is 0 Å². The van der Waals surface area contributed by atoms with Gasteiger partial charge >= 0.3 is 0 Å². The maximum absolute atomic E-state index is 5.65. The van der Waals surface area contributed by atoms with Crippen molar-refractivity contribution < 1.29 is 9.47 Å². The fourth-order valence-electron chi connectivity index (χ4n) is 2.68. The molecule has 0 unspecified atom stereocenters. The molecule has 2 rings (SSSR count). The van der Waals surface area contributed by atoms with E-state index in [-0.39, 0.29) is 0 Å². The molecule has 1 aromatic heterocycles. The number of pyridine rings is 1. The predicted molar refractivity (Wildman–Crippen MR) is 84.1 cm³/mol. The molecule has 1 saturated heterocycles. The fourth-order valence-corrected chi connectivity index (χ4v) is 2.68. The molecule has 0 aromatic carbocycles. The van der Waals surface area contributed by atoms with Crippen molar-refractivity contribution in [1.29, 1.82) is 0 Å². The number of hydrogen-bond donors (Lipinski definition) is 0. The minimum atomic E-state index is 0.321. The summed E-state index contributed by atoms with van der Waals surface area (Å²) in [5.41, 5.74) is 1.33. The predicted octanol–water partition coefficient (Wildman–Crippen LogP) is 2.74. The Bertz CT molecular complexity index is 378. The molecule has 21 heavy (non-hydrogen) atoms. The second-order valence-corrected chi connectivity index (χ2v) is 6.09. The van der Waals surface area contributed by atoms with E-state index in [9.17, 15) is 0 Å². The van der Waals surface area contributed by atoms with E-state index in [1.165, 1.54) is 12.0 Å². The van der Waals surface area contributed by atoms with Crippen LogP contribution in [0.5, 0.6) is 0 Å². The molecule has 0 spiro atoms. The fraction of sp³-hybridized carbons (Fsp3) is 0.706. The van der Waals surface area contributed by atoms with E-state index in [0.717, 1.165) is 45.9 Å². The highest BCUT2D eigenvalue weighted by Gasteiger charge is 2.19. The summed E-state index contributed by atoms with van der Waals surface area (Å²) in [7, 11) is 0. The van der Waals surface area contributed by atoms with Gasteiger partial charge in [-0.2, -0.15) is 0 Å². The summed E-state index contributed by atoms with van der Waals surface area (Å²) in [4.78, 5) is 6.62. The third-order valence-electron chi connectivity index (χ3n) is 3.77. The van der Waals surface area contributed by atoms with Gasteiger partial charge in [-0.25, -0.2) is 0 Å². The maximum atomic E-state index is 5.65. The van der Waals surface area contributed by atoms with Gasteiger partial charge in [-0.1, -0.05) is 0 Å². The van der Waals surface area contributed by atoms with Gasteiger partial charge in [0.1, 0.15) is 0 Å². The third kappa shape index (κ3) is 6.55. The van der Waals surface area contributed by atoms with Crippen molar-refractivity contribution in [3.63, 3.8) is 0 Å². The van der Waals surface area contributed by atoms with Gasteiger partial charge in [0.25, 0.3) is 0 Å². The van der Waals surface area contributed by atoms with Crippen LogP contribution in [0.15, 0.2) is 24.5 Å². The normalized spacial score (nSPS) is 18.8. The molecule has 118 valence electrons. The highest BCUT2D eigenvalue weighted by Crippen LogP contribution is 2.16. The standard InChI is InChI=1S/C17H28N2O2/c1-15(2)21-10-3-9-19(13-17-6-11-20-14-17)12-16-4-7-18-8-5-16/h4-5,7-8,15,17H,3,6,9-14H2,1-2H3/t17-/m0/s1. The Labute approximate surface area is 128 Å². The average molecular weight is 292 g/mol. The lowest BCUT2D eigenvalue weighted by molar-refractivity contribution is 0.0681. The molecule has 0 N–H and O–H groups in total. The molecule has 0 bridgehead atoms. The van der Waals surface area contributed by atoms with Crippen LogP contribution in [0.25, 0.3) is 0 Å². The zero-order valence-electron chi connectivity index (χ0n) is 13.3. The Morgan fingerprint density at radius 1 is 1.38 bits per heavy atom. The second kappa shape index (κ2) is 9.13. The summed E-state index contributed by atoms with van der Waals surface area (Å²) in [6, 6.07) is 4.20. The number of hydrogen-bond acceptors (Lipinski definition) is 4. The molecule has 2 heterocycles. The van der Waals surface area contributed by atoms with Crippen LogP contribution in [0.4, 0.5) is 0 Å². The Balaban J connectivity index is 1.80. The van der Waals surface area contributed by atoms with Crippen molar-refractivity contribution in [2.24, 2.45) is 5.92 Å². The Morgan fingerprint density at radius 3 is 2.86 bits per heavy atom. The van der Waals surface area contributed by atoms with Gasteiger partial charge in [0.05, 0.1) is 12.7 Å².